The second-order valence-corrected chi connectivity index (χ2v) is 9.21. The number of hydrogen-bond acceptors (Lipinski definition) is 1. The number of hydrogen-bond donors (Lipinski definition) is 0. The van der Waals surface area contributed by atoms with Crippen LogP contribution in [0.25, 0.3) is 5.57 Å². The molecule has 0 amide bonds. The average molecular weight is 380 g/mol. The summed E-state index contributed by atoms with van der Waals surface area (Å²) >= 11 is 0. The van der Waals surface area contributed by atoms with Crippen LogP contribution in [0.4, 0.5) is 0 Å². The standard InChI is InChI=1S/C26H21OP/c27-28(24-17-9-3-10-18-24,25-19-11-4-12-20-25)21-26(22-13-5-1-6-14-22)23-15-7-2-8-16-23/h1-21H. The summed E-state index contributed by atoms with van der Waals surface area (Å²) in [6.45, 7) is 0. The zero-order valence-corrected chi connectivity index (χ0v) is 16.4. The molecule has 0 aliphatic rings. The van der Waals surface area contributed by atoms with Crippen molar-refractivity contribution in [3.05, 3.63) is 138 Å². The third-order valence-electron chi connectivity index (χ3n) is 4.76. The molecular formula is C26H21OP. The van der Waals surface area contributed by atoms with Gasteiger partial charge < -0.3 is 4.57 Å². The minimum atomic E-state index is -2.97. The SMILES string of the molecule is O=P(C=C(c1ccccc1)c1ccccc1)(c1ccccc1)c1ccccc1. The predicted octanol–water partition coefficient (Wildman–Crippen LogP) is 6.09. The summed E-state index contributed by atoms with van der Waals surface area (Å²) < 4.78 is 14.5. The fourth-order valence-electron chi connectivity index (χ4n) is 3.33. The van der Waals surface area contributed by atoms with Gasteiger partial charge in [0.2, 0.25) is 0 Å². The van der Waals surface area contributed by atoms with Gasteiger partial charge in [0.15, 0.2) is 7.14 Å². The van der Waals surface area contributed by atoms with Crippen molar-refractivity contribution >= 4 is 23.3 Å². The molecule has 0 aliphatic heterocycles. The van der Waals surface area contributed by atoms with Crippen LogP contribution in [0.5, 0.6) is 0 Å². The van der Waals surface area contributed by atoms with Gasteiger partial charge in [0.25, 0.3) is 0 Å². The van der Waals surface area contributed by atoms with Gasteiger partial charge in [-0.1, -0.05) is 121 Å². The fraction of sp³-hybridized carbons (Fsp3) is 0. The Hall–Kier alpha value is -3.15. The van der Waals surface area contributed by atoms with E-state index < -0.39 is 7.14 Å². The van der Waals surface area contributed by atoms with E-state index in [1.165, 1.54) is 0 Å². The molecule has 0 aliphatic carbocycles. The Morgan fingerprint density at radius 3 is 1.18 bits per heavy atom. The van der Waals surface area contributed by atoms with Gasteiger partial charge in [0.1, 0.15) is 0 Å². The van der Waals surface area contributed by atoms with Gasteiger partial charge in [-0.05, 0) is 22.5 Å². The molecule has 0 fully saturated rings. The first-order valence-electron chi connectivity index (χ1n) is 9.32. The largest absolute Gasteiger partial charge is 0.309 e. The van der Waals surface area contributed by atoms with Crippen LogP contribution in [-0.2, 0) is 4.57 Å². The maximum absolute atomic E-state index is 14.5. The molecule has 4 rings (SSSR count). The Morgan fingerprint density at radius 2 is 0.821 bits per heavy atom. The average Bonchev–Trinajstić information content (AvgIpc) is 2.80. The van der Waals surface area contributed by atoms with E-state index in [-0.39, 0.29) is 0 Å². The quantitative estimate of drug-likeness (QED) is 0.383. The molecule has 0 atom stereocenters. The van der Waals surface area contributed by atoms with Crippen LogP contribution < -0.4 is 10.6 Å². The normalized spacial score (nSPS) is 11.0. The maximum Gasteiger partial charge on any atom is 0.164 e. The Balaban J connectivity index is 1.99. The molecule has 0 saturated heterocycles. The molecule has 4 aromatic rings. The van der Waals surface area contributed by atoms with E-state index in [9.17, 15) is 4.57 Å². The van der Waals surface area contributed by atoms with Gasteiger partial charge in [-0.25, -0.2) is 0 Å². The van der Waals surface area contributed by atoms with Gasteiger partial charge in [-0.2, -0.15) is 0 Å². The van der Waals surface area contributed by atoms with E-state index in [2.05, 4.69) is 24.3 Å². The summed E-state index contributed by atoms with van der Waals surface area (Å²) in [6, 6.07) is 39.9. The van der Waals surface area contributed by atoms with E-state index in [4.69, 9.17) is 0 Å². The first-order chi connectivity index (χ1) is 13.8. The Kier molecular flexibility index (Phi) is 5.37. The Morgan fingerprint density at radius 1 is 0.500 bits per heavy atom. The predicted molar refractivity (Wildman–Crippen MR) is 120 cm³/mol. The zero-order chi connectivity index (χ0) is 19.2. The van der Waals surface area contributed by atoms with Crippen molar-refractivity contribution in [1.29, 1.82) is 0 Å². The van der Waals surface area contributed by atoms with Crippen molar-refractivity contribution in [3.8, 4) is 0 Å². The minimum absolute atomic E-state index is 0.838. The Bertz CT molecular complexity index is 1020. The van der Waals surface area contributed by atoms with Gasteiger partial charge in [-0.15, -0.1) is 0 Å². The molecule has 2 heteroatoms. The zero-order valence-electron chi connectivity index (χ0n) is 15.5. The van der Waals surface area contributed by atoms with Crippen molar-refractivity contribution < 1.29 is 4.57 Å². The lowest BCUT2D eigenvalue weighted by Gasteiger charge is -2.18. The third-order valence-corrected chi connectivity index (χ3v) is 7.51. The first kappa shape index (κ1) is 18.2. The second kappa shape index (κ2) is 8.25. The highest BCUT2D eigenvalue weighted by atomic mass is 31.2. The van der Waals surface area contributed by atoms with E-state index in [0.29, 0.717) is 0 Å². The lowest BCUT2D eigenvalue weighted by atomic mass is 10.00. The van der Waals surface area contributed by atoms with E-state index >= 15 is 0 Å². The lowest BCUT2D eigenvalue weighted by Crippen LogP contribution is -2.14. The van der Waals surface area contributed by atoms with E-state index in [0.717, 1.165) is 27.3 Å². The smallest absolute Gasteiger partial charge is 0.164 e. The monoisotopic (exact) mass is 380 g/mol. The molecule has 0 heterocycles. The van der Waals surface area contributed by atoms with Crippen molar-refractivity contribution in [2.24, 2.45) is 0 Å². The van der Waals surface area contributed by atoms with Crippen LogP contribution in [0.15, 0.2) is 127 Å². The van der Waals surface area contributed by atoms with E-state index in [1.54, 1.807) is 0 Å². The summed E-state index contributed by atoms with van der Waals surface area (Å²) in [6.07, 6.45) is 0. The topological polar surface area (TPSA) is 17.1 Å². The highest BCUT2D eigenvalue weighted by Gasteiger charge is 2.26. The van der Waals surface area contributed by atoms with Crippen LogP contribution >= 0.6 is 7.14 Å². The molecule has 0 bridgehead atoms. The fourth-order valence-corrected chi connectivity index (χ4v) is 5.82. The minimum Gasteiger partial charge on any atom is -0.309 e. The Labute approximate surface area is 166 Å². The highest BCUT2D eigenvalue weighted by Crippen LogP contribution is 2.48. The van der Waals surface area contributed by atoms with Crippen LogP contribution in [0.2, 0.25) is 0 Å². The van der Waals surface area contributed by atoms with Gasteiger partial charge in [-0.3, -0.25) is 0 Å². The first-order valence-corrected chi connectivity index (χ1v) is 11.1. The summed E-state index contributed by atoms with van der Waals surface area (Å²) in [5.41, 5.74) is 3.10. The summed E-state index contributed by atoms with van der Waals surface area (Å²) in [4.78, 5) is 0. The number of benzene rings is 4. The molecule has 0 N–H and O–H groups in total. The molecule has 28 heavy (non-hydrogen) atoms. The summed E-state index contributed by atoms with van der Waals surface area (Å²) in [5.74, 6) is 1.97. The molecular weight excluding hydrogens is 359 g/mol. The van der Waals surface area contributed by atoms with Crippen LogP contribution in [0.1, 0.15) is 11.1 Å². The summed E-state index contributed by atoms with van der Waals surface area (Å²) in [5, 5.41) is 1.68. The van der Waals surface area contributed by atoms with E-state index in [1.807, 2.05) is 103 Å². The molecule has 0 aromatic heterocycles. The van der Waals surface area contributed by atoms with Crippen LogP contribution in [0, 0.1) is 0 Å². The van der Waals surface area contributed by atoms with Crippen molar-refractivity contribution in [1.82, 2.24) is 0 Å². The molecule has 0 spiro atoms. The number of rotatable bonds is 5. The van der Waals surface area contributed by atoms with Crippen LogP contribution in [0.3, 0.4) is 0 Å². The highest BCUT2D eigenvalue weighted by molar-refractivity contribution is 7.81. The lowest BCUT2D eigenvalue weighted by molar-refractivity contribution is 0.592. The molecule has 0 radical (unpaired) electrons. The second-order valence-electron chi connectivity index (χ2n) is 6.60. The maximum atomic E-state index is 14.5. The van der Waals surface area contributed by atoms with Crippen molar-refractivity contribution in [2.75, 3.05) is 0 Å². The molecule has 0 saturated carbocycles. The summed E-state index contributed by atoms with van der Waals surface area (Å²) in [7, 11) is -2.97. The van der Waals surface area contributed by atoms with Gasteiger partial charge in [0, 0.05) is 10.6 Å². The molecule has 4 aromatic carbocycles. The molecule has 0 unspecified atom stereocenters. The van der Waals surface area contributed by atoms with Gasteiger partial charge in [0.05, 0.1) is 0 Å². The molecule has 1 nitrogen and oxygen atoms in total. The van der Waals surface area contributed by atoms with Crippen molar-refractivity contribution in [3.63, 3.8) is 0 Å². The molecule has 136 valence electrons. The van der Waals surface area contributed by atoms with Crippen LogP contribution in [-0.4, -0.2) is 0 Å². The third kappa shape index (κ3) is 3.76. The van der Waals surface area contributed by atoms with Gasteiger partial charge >= 0.3 is 0 Å². The van der Waals surface area contributed by atoms with Crippen molar-refractivity contribution in [2.45, 2.75) is 0 Å².